The first kappa shape index (κ1) is 15.6. The third-order valence-electron chi connectivity index (χ3n) is 4.24. The molecule has 2 heterocycles. The molecular formula is C18H21NO4. The van der Waals surface area contributed by atoms with Gasteiger partial charge in [0.2, 0.25) is 5.91 Å². The van der Waals surface area contributed by atoms with Crippen LogP contribution >= 0.6 is 0 Å². The highest BCUT2D eigenvalue weighted by Crippen LogP contribution is 2.28. The van der Waals surface area contributed by atoms with Crippen molar-refractivity contribution in [2.75, 3.05) is 13.7 Å². The van der Waals surface area contributed by atoms with E-state index in [1.54, 1.807) is 18.1 Å². The molecule has 0 saturated heterocycles. The predicted molar refractivity (Wildman–Crippen MR) is 87.6 cm³/mol. The number of carbonyl (C=O) groups excluding carboxylic acids is 1. The standard InChI is InChI=1S/C18H21NO4/c1-11(2)8-17(20)19-7-6-13-14-5-4-12(22-3)9-16(14)23-18(21)15(13)10-19/h4-5,9,11H,6-8,10H2,1-3H3. The van der Waals surface area contributed by atoms with Crippen LogP contribution in [0.4, 0.5) is 0 Å². The second kappa shape index (κ2) is 6.07. The molecule has 0 saturated carbocycles. The van der Waals surface area contributed by atoms with E-state index in [0.717, 1.165) is 10.9 Å². The largest absolute Gasteiger partial charge is 0.497 e. The lowest BCUT2D eigenvalue weighted by molar-refractivity contribution is -0.132. The number of methoxy groups -OCH3 is 1. The molecule has 1 aromatic carbocycles. The molecular weight excluding hydrogens is 294 g/mol. The summed E-state index contributed by atoms with van der Waals surface area (Å²) in [5, 5.41) is 0.927. The van der Waals surface area contributed by atoms with Gasteiger partial charge in [-0.05, 0) is 30.0 Å². The summed E-state index contributed by atoms with van der Waals surface area (Å²) in [4.78, 5) is 26.3. The van der Waals surface area contributed by atoms with Crippen LogP contribution < -0.4 is 10.4 Å². The van der Waals surface area contributed by atoms with Crippen molar-refractivity contribution in [3.63, 3.8) is 0 Å². The third-order valence-corrected chi connectivity index (χ3v) is 4.24. The fourth-order valence-corrected chi connectivity index (χ4v) is 3.06. The number of rotatable bonds is 3. The lowest BCUT2D eigenvalue weighted by atomic mass is 9.97. The molecule has 122 valence electrons. The summed E-state index contributed by atoms with van der Waals surface area (Å²) in [6.07, 6.45) is 1.18. The highest BCUT2D eigenvalue weighted by molar-refractivity contribution is 5.83. The van der Waals surface area contributed by atoms with Crippen molar-refractivity contribution in [3.8, 4) is 5.75 Å². The maximum absolute atomic E-state index is 12.3. The summed E-state index contributed by atoms with van der Waals surface area (Å²) >= 11 is 0. The number of carbonyl (C=O) groups is 1. The van der Waals surface area contributed by atoms with Gasteiger partial charge >= 0.3 is 5.63 Å². The highest BCUT2D eigenvalue weighted by atomic mass is 16.5. The first-order valence-corrected chi connectivity index (χ1v) is 7.90. The average Bonchev–Trinajstić information content (AvgIpc) is 2.53. The Balaban J connectivity index is 1.99. The van der Waals surface area contributed by atoms with Crippen LogP contribution in [0.1, 0.15) is 31.4 Å². The van der Waals surface area contributed by atoms with Crippen molar-refractivity contribution in [2.24, 2.45) is 5.92 Å². The molecule has 0 unspecified atom stereocenters. The quantitative estimate of drug-likeness (QED) is 0.817. The molecule has 0 spiro atoms. The molecule has 1 aliphatic heterocycles. The second-order valence-corrected chi connectivity index (χ2v) is 6.37. The van der Waals surface area contributed by atoms with Gasteiger partial charge in [0.1, 0.15) is 11.3 Å². The Labute approximate surface area is 134 Å². The summed E-state index contributed by atoms with van der Waals surface area (Å²) < 4.78 is 10.6. The van der Waals surface area contributed by atoms with Gasteiger partial charge in [-0.25, -0.2) is 4.79 Å². The molecule has 0 fully saturated rings. The van der Waals surface area contributed by atoms with Gasteiger partial charge in [0.05, 0.1) is 19.2 Å². The van der Waals surface area contributed by atoms with Gasteiger partial charge in [0.25, 0.3) is 0 Å². The minimum absolute atomic E-state index is 0.0971. The number of hydrogen-bond donors (Lipinski definition) is 0. The molecule has 0 bridgehead atoms. The SMILES string of the molecule is COc1ccc2c3c(c(=O)oc2c1)CN(C(=O)CC(C)C)CC3. The number of nitrogens with zero attached hydrogens (tertiary/aromatic N) is 1. The van der Waals surface area contributed by atoms with Crippen LogP contribution in [0.25, 0.3) is 11.0 Å². The van der Waals surface area contributed by atoms with Crippen molar-refractivity contribution in [3.05, 3.63) is 39.7 Å². The van der Waals surface area contributed by atoms with Crippen molar-refractivity contribution < 1.29 is 13.9 Å². The Morgan fingerprint density at radius 1 is 1.35 bits per heavy atom. The fourth-order valence-electron chi connectivity index (χ4n) is 3.06. The summed E-state index contributed by atoms with van der Waals surface area (Å²) in [6.45, 7) is 5.02. The van der Waals surface area contributed by atoms with Gasteiger partial charge in [-0.2, -0.15) is 0 Å². The molecule has 0 atom stereocenters. The molecule has 1 aromatic heterocycles. The molecule has 3 rings (SSSR count). The zero-order valence-corrected chi connectivity index (χ0v) is 13.7. The molecule has 1 amide bonds. The van der Waals surface area contributed by atoms with E-state index in [0.29, 0.717) is 48.7 Å². The third kappa shape index (κ3) is 2.96. The van der Waals surface area contributed by atoms with Crippen LogP contribution in [0.3, 0.4) is 0 Å². The van der Waals surface area contributed by atoms with E-state index in [2.05, 4.69) is 0 Å². The highest BCUT2D eigenvalue weighted by Gasteiger charge is 2.25. The maximum Gasteiger partial charge on any atom is 0.341 e. The molecule has 2 aromatic rings. The first-order chi connectivity index (χ1) is 11.0. The lowest BCUT2D eigenvalue weighted by Gasteiger charge is -2.29. The molecule has 0 aliphatic carbocycles. The summed E-state index contributed by atoms with van der Waals surface area (Å²) in [5.41, 5.74) is 1.77. The molecule has 1 aliphatic rings. The molecule has 5 nitrogen and oxygen atoms in total. The van der Waals surface area contributed by atoms with Gasteiger partial charge in [-0.3, -0.25) is 4.79 Å². The van der Waals surface area contributed by atoms with Crippen LogP contribution in [0.5, 0.6) is 5.75 Å². The van der Waals surface area contributed by atoms with Crippen LogP contribution in [0, 0.1) is 5.92 Å². The van der Waals surface area contributed by atoms with E-state index < -0.39 is 0 Å². The number of ether oxygens (including phenoxy) is 1. The minimum atomic E-state index is -0.359. The summed E-state index contributed by atoms with van der Waals surface area (Å²) in [7, 11) is 1.58. The Kier molecular flexibility index (Phi) is 4.11. The number of fused-ring (bicyclic) bond motifs is 3. The van der Waals surface area contributed by atoms with Crippen molar-refractivity contribution in [1.29, 1.82) is 0 Å². The van der Waals surface area contributed by atoms with Crippen LogP contribution in [0.15, 0.2) is 27.4 Å². The van der Waals surface area contributed by atoms with Crippen LogP contribution in [-0.4, -0.2) is 24.5 Å². The van der Waals surface area contributed by atoms with Gasteiger partial charge in [-0.1, -0.05) is 13.8 Å². The Morgan fingerprint density at radius 3 is 2.83 bits per heavy atom. The van der Waals surface area contributed by atoms with E-state index in [4.69, 9.17) is 9.15 Å². The van der Waals surface area contributed by atoms with Gasteiger partial charge in [0.15, 0.2) is 0 Å². The van der Waals surface area contributed by atoms with Crippen molar-refractivity contribution in [2.45, 2.75) is 33.2 Å². The first-order valence-electron chi connectivity index (χ1n) is 7.90. The number of amides is 1. The molecule has 5 heteroatoms. The van der Waals surface area contributed by atoms with E-state index in [1.165, 1.54) is 0 Å². The normalized spacial score (nSPS) is 14.2. The topological polar surface area (TPSA) is 59.8 Å². The maximum atomic E-state index is 12.3. The predicted octanol–water partition coefficient (Wildman–Crippen LogP) is 2.73. The zero-order valence-electron chi connectivity index (χ0n) is 13.7. The van der Waals surface area contributed by atoms with E-state index >= 15 is 0 Å². The van der Waals surface area contributed by atoms with E-state index in [1.807, 2.05) is 26.0 Å². The lowest BCUT2D eigenvalue weighted by Crippen LogP contribution is -2.38. The van der Waals surface area contributed by atoms with Gasteiger partial charge in [0, 0.05) is 24.4 Å². The molecule has 0 N–H and O–H groups in total. The van der Waals surface area contributed by atoms with Gasteiger partial charge in [-0.15, -0.1) is 0 Å². The van der Waals surface area contributed by atoms with E-state index in [-0.39, 0.29) is 11.5 Å². The van der Waals surface area contributed by atoms with Gasteiger partial charge < -0.3 is 14.1 Å². The smallest absolute Gasteiger partial charge is 0.341 e. The Bertz CT molecular complexity index is 807. The monoisotopic (exact) mass is 315 g/mol. The zero-order chi connectivity index (χ0) is 16.6. The van der Waals surface area contributed by atoms with Crippen molar-refractivity contribution in [1.82, 2.24) is 4.90 Å². The molecule has 0 radical (unpaired) electrons. The van der Waals surface area contributed by atoms with Crippen molar-refractivity contribution >= 4 is 16.9 Å². The Hall–Kier alpha value is -2.30. The minimum Gasteiger partial charge on any atom is -0.497 e. The average molecular weight is 315 g/mol. The molecule has 23 heavy (non-hydrogen) atoms. The van der Waals surface area contributed by atoms with Crippen LogP contribution in [-0.2, 0) is 17.8 Å². The fraction of sp³-hybridized carbons (Fsp3) is 0.444. The summed E-state index contributed by atoms with van der Waals surface area (Å²) in [5.74, 6) is 1.06. The summed E-state index contributed by atoms with van der Waals surface area (Å²) in [6, 6.07) is 5.51. The van der Waals surface area contributed by atoms with E-state index in [9.17, 15) is 9.59 Å². The van der Waals surface area contributed by atoms with Crippen LogP contribution in [0.2, 0.25) is 0 Å². The number of benzene rings is 1. The Morgan fingerprint density at radius 2 is 2.13 bits per heavy atom. The number of hydrogen-bond acceptors (Lipinski definition) is 4. The second-order valence-electron chi connectivity index (χ2n) is 6.37.